The van der Waals surface area contributed by atoms with Crippen molar-refractivity contribution in [3.05, 3.63) is 0 Å². The predicted molar refractivity (Wildman–Crippen MR) is 73.2 cm³/mol. The molecule has 1 saturated carbocycles. The van der Waals surface area contributed by atoms with Gasteiger partial charge in [-0.25, -0.2) is 0 Å². The molecule has 1 aliphatic carbocycles. The van der Waals surface area contributed by atoms with Crippen LogP contribution >= 0.6 is 0 Å². The molecule has 0 aromatic rings. The van der Waals surface area contributed by atoms with Gasteiger partial charge in [-0.2, -0.15) is 0 Å². The molecule has 3 nitrogen and oxygen atoms in total. The Kier molecular flexibility index (Phi) is 5.90. The van der Waals surface area contributed by atoms with Crippen molar-refractivity contribution < 1.29 is 4.74 Å². The lowest BCUT2D eigenvalue weighted by Crippen LogP contribution is -2.53. The molecule has 1 atom stereocenters. The van der Waals surface area contributed by atoms with Crippen LogP contribution in [0.3, 0.4) is 0 Å². The van der Waals surface area contributed by atoms with E-state index in [2.05, 4.69) is 25.7 Å². The van der Waals surface area contributed by atoms with E-state index in [1.54, 1.807) is 7.11 Å². The number of hydrogen-bond acceptors (Lipinski definition) is 3. The third-order valence-electron chi connectivity index (χ3n) is 4.35. The molecule has 102 valence electrons. The van der Waals surface area contributed by atoms with E-state index in [0.717, 1.165) is 19.1 Å². The van der Waals surface area contributed by atoms with E-state index >= 15 is 0 Å². The number of methoxy groups -OCH3 is 1. The van der Waals surface area contributed by atoms with Gasteiger partial charge in [0.15, 0.2) is 0 Å². The van der Waals surface area contributed by atoms with Crippen LogP contribution in [-0.2, 0) is 4.74 Å². The van der Waals surface area contributed by atoms with Crippen molar-refractivity contribution in [2.75, 3.05) is 20.2 Å². The zero-order valence-electron chi connectivity index (χ0n) is 12.0. The van der Waals surface area contributed by atoms with Gasteiger partial charge < -0.3 is 10.5 Å². The second kappa shape index (κ2) is 6.72. The highest BCUT2D eigenvalue weighted by atomic mass is 16.5. The lowest BCUT2D eigenvalue weighted by molar-refractivity contribution is -0.0134. The van der Waals surface area contributed by atoms with E-state index in [4.69, 9.17) is 10.5 Å². The van der Waals surface area contributed by atoms with Gasteiger partial charge in [0.05, 0.1) is 5.60 Å². The van der Waals surface area contributed by atoms with Gasteiger partial charge >= 0.3 is 0 Å². The van der Waals surface area contributed by atoms with E-state index < -0.39 is 0 Å². The van der Waals surface area contributed by atoms with Crippen LogP contribution in [0, 0.1) is 0 Å². The van der Waals surface area contributed by atoms with Crippen LogP contribution in [0.2, 0.25) is 0 Å². The first-order valence-electron chi connectivity index (χ1n) is 7.06. The SMILES string of the molecule is CCN(CC(N)C(C)(C)OC)C1CCCCC1. The Morgan fingerprint density at radius 2 is 1.88 bits per heavy atom. The summed E-state index contributed by atoms with van der Waals surface area (Å²) in [6, 6.07) is 0.821. The molecule has 0 aliphatic heterocycles. The van der Waals surface area contributed by atoms with Crippen LogP contribution in [0.15, 0.2) is 0 Å². The monoisotopic (exact) mass is 242 g/mol. The number of nitrogens with two attached hydrogens (primary N) is 1. The molecule has 0 heterocycles. The largest absolute Gasteiger partial charge is 0.377 e. The van der Waals surface area contributed by atoms with Gasteiger partial charge in [-0.05, 0) is 33.2 Å². The van der Waals surface area contributed by atoms with E-state index in [1.165, 1.54) is 32.1 Å². The molecule has 0 spiro atoms. The Balaban J connectivity index is 2.50. The van der Waals surface area contributed by atoms with Gasteiger partial charge in [0.1, 0.15) is 0 Å². The molecule has 1 fully saturated rings. The van der Waals surface area contributed by atoms with Crippen molar-refractivity contribution in [2.24, 2.45) is 5.73 Å². The fourth-order valence-electron chi connectivity index (χ4n) is 2.61. The minimum absolute atomic E-state index is 0.0781. The molecular weight excluding hydrogens is 212 g/mol. The van der Waals surface area contributed by atoms with Crippen LogP contribution in [0.5, 0.6) is 0 Å². The highest BCUT2D eigenvalue weighted by Gasteiger charge is 2.29. The van der Waals surface area contributed by atoms with Crippen molar-refractivity contribution >= 4 is 0 Å². The molecule has 0 amide bonds. The van der Waals surface area contributed by atoms with Gasteiger partial charge in [0.2, 0.25) is 0 Å². The highest BCUT2D eigenvalue weighted by Crippen LogP contribution is 2.23. The third-order valence-corrected chi connectivity index (χ3v) is 4.35. The van der Waals surface area contributed by atoms with Gasteiger partial charge in [0.25, 0.3) is 0 Å². The minimum atomic E-state index is -0.234. The quantitative estimate of drug-likeness (QED) is 0.777. The van der Waals surface area contributed by atoms with Crippen molar-refractivity contribution in [3.63, 3.8) is 0 Å². The number of nitrogens with zero attached hydrogens (tertiary/aromatic N) is 1. The van der Waals surface area contributed by atoms with E-state index in [1.807, 2.05) is 0 Å². The van der Waals surface area contributed by atoms with Crippen molar-refractivity contribution in [3.8, 4) is 0 Å². The maximum Gasteiger partial charge on any atom is 0.0785 e. The van der Waals surface area contributed by atoms with Crippen LogP contribution < -0.4 is 5.73 Å². The number of rotatable bonds is 6. The molecule has 0 radical (unpaired) electrons. The zero-order chi connectivity index (χ0) is 12.9. The van der Waals surface area contributed by atoms with Crippen LogP contribution in [0.25, 0.3) is 0 Å². The van der Waals surface area contributed by atoms with Gasteiger partial charge in [-0.15, -0.1) is 0 Å². The summed E-state index contributed by atoms with van der Waals surface area (Å²) in [6.07, 6.45) is 6.85. The first-order valence-corrected chi connectivity index (χ1v) is 7.06. The molecule has 17 heavy (non-hydrogen) atoms. The molecule has 0 aromatic carbocycles. The Morgan fingerprint density at radius 1 is 1.29 bits per heavy atom. The third kappa shape index (κ3) is 4.23. The first-order chi connectivity index (χ1) is 8.01. The molecule has 2 N–H and O–H groups in total. The number of ether oxygens (including phenoxy) is 1. The van der Waals surface area contributed by atoms with E-state index in [0.29, 0.717) is 0 Å². The summed E-state index contributed by atoms with van der Waals surface area (Å²) >= 11 is 0. The predicted octanol–water partition coefficient (Wildman–Crippen LogP) is 2.39. The zero-order valence-corrected chi connectivity index (χ0v) is 12.0. The first kappa shape index (κ1) is 14.9. The Labute approximate surface area is 107 Å². The highest BCUT2D eigenvalue weighted by molar-refractivity contribution is 4.87. The smallest absolute Gasteiger partial charge is 0.0785 e. The molecule has 1 unspecified atom stereocenters. The minimum Gasteiger partial charge on any atom is -0.377 e. The summed E-state index contributed by atoms with van der Waals surface area (Å²) in [5.74, 6) is 0. The summed E-state index contributed by atoms with van der Waals surface area (Å²) in [5.41, 5.74) is 6.04. The number of hydrogen-bond donors (Lipinski definition) is 1. The van der Waals surface area contributed by atoms with Crippen molar-refractivity contribution in [1.82, 2.24) is 4.90 Å². The normalized spacial score (nSPS) is 20.8. The van der Waals surface area contributed by atoms with Crippen molar-refractivity contribution in [1.29, 1.82) is 0 Å². The molecule has 1 aliphatic rings. The van der Waals surface area contributed by atoms with Crippen LogP contribution in [0.4, 0.5) is 0 Å². The summed E-state index contributed by atoms with van der Waals surface area (Å²) in [5, 5.41) is 0. The molecule has 3 heteroatoms. The van der Waals surface area contributed by atoms with Gasteiger partial charge in [-0.3, -0.25) is 4.90 Å². The van der Waals surface area contributed by atoms with Crippen LogP contribution in [0.1, 0.15) is 52.9 Å². The maximum atomic E-state index is 6.28. The average Bonchev–Trinajstić information content (AvgIpc) is 2.36. The summed E-state index contributed by atoms with van der Waals surface area (Å²) in [7, 11) is 1.75. The summed E-state index contributed by atoms with van der Waals surface area (Å²) in [4.78, 5) is 2.55. The van der Waals surface area contributed by atoms with Gasteiger partial charge in [-0.1, -0.05) is 26.2 Å². The summed E-state index contributed by atoms with van der Waals surface area (Å²) in [6.45, 7) is 8.43. The molecule has 1 rings (SSSR count). The fraction of sp³-hybridized carbons (Fsp3) is 1.00. The Hall–Kier alpha value is -0.120. The molecule has 0 aromatic heterocycles. The fourth-order valence-corrected chi connectivity index (χ4v) is 2.61. The average molecular weight is 242 g/mol. The molecular formula is C14H30N2O. The van der Waals surface area contributed by atoms with E-state index in [9.17, 15) is 0 Å². The molecule has 0 saturated heterocycles. The van der Waals surface area contributed by atoms with Crippen molar-refractivity contribution in [2.45, 2.75) is 70.6 Å². The number of likely N-dealkylation sites (N-methyl/N-ethyl adjacent to an activating group) is 1. The van der Waals surface area contributed by atoms with E-state index in [-0.39, 0.29) is 11.6 Å². The van der Waals surface area contributed by atoms with Crippen LogP contribution in [-0.4, -0.2) is 42.8 Å². The summed E-state index contributed by atoms with van der Waals surface area (Å²) < 4.78 is 5.48. The molecule has 0 bridgehead atoms. The standard InChI is InChI=1S/C14H30N2O/c1-5-16(12-9-7-6-8-10-12)11-13(15)14(2,3)17-4/h12-13H,5-11,15H2,1-4H3. The lowest BCUT2D eigenvalue weighted by Gasteiger charge is -2.39. The second-order valence-corrected chi connectivity index (χ2v) is 5.79. The maximum absolute atomic E-state index is 6.28. The Bertz CT molecular complexity index is 212. The lowest BCUT2D eigenvalue weighted by atomic mass is 9.92. The van der Waals surface area contributed by atoms with Gasteiger partial charge in [0, 0.05) is 25.7 Å². The topological polar surface area (TPSA) is 38.5 Å². The second-order valence-electron chi connectivity index (χ2n) is 5.79. The Morgan fingerprint density at radius 3 is 2.35 bits per heavy atom.